The van der Waals surface area contributed by atoms with Gasteiger partial charge in [-0.2, -0.15) is 5.10 Å². The first-order valence-electron chi connectivity index (χ1n) is 8.92. The molecule has 0 spiro atoms. The van der Waals surface area contributed by atoms with E-state index < -0.39 is 0 Å². The first kappa shape index (κ1) is 16.0. The fraction of sp³-hybridized carbons (Fsp3) is 0.824. The zero-order valence-corrected chi connectivity index (χ0v) is 13.9. The summed E-state index contributed by atoms with van der Waals surface area (Å²) in [5.41, 5.74) is 1.18. The summed E-state index contributed by atoms with van der Waals surface area (Å²) in [6, 6.07) is 2.15. The van der Waals surface area contributed by atoms with E-state index >= 15 is 0 Å². The molecule has 1 atom stereocenters. The predicted molar refractivity (Wildman–Crippen MR) is 87.8 cm³/mol. The van der Waals surface area contributed by atoms with Gasteiger partial charge in [0.2, 0.25) is 0 Å². The molecule has 0 N–H and O–H groups in total. The third-order valence-corrected chi connectivity index (χ3v) is 4.75. The number of aryl methyl sites for hydroxylation is 1. The molecular formula is C17H30N4O. The van der Waals surface area contributed by atoms with Gasteiger partial charge in [-0.1, -0.05) is 6.42 Å². The molecule has 5 heteroatoms. The van der Waals surface area contributed by atoms with Gasteiger partial charge in [0.15, 0.2) is 0 Å². The number of piperidine rings is 1. The Balaban J connectivity index is 1.52. The summed E-state index contributed by atoms with van der Waals surface area (Å²) in [4.78, 5) is 5.10. The quantitative estimate of drug-likeness (QED) is 0.833. The Bertz CT molecular complexity index is 442. The van der Waals surface area contributed by atoms with Crippen LogP contribution in [0.25, 0.3) is 0 Å². The Morgan fingerprint density at radius 1 is 1.14 bits per heavy atom. The van der Waals surface area contributed by atoms with E-state index in [-0.39, 0.29) is 0 Å². The van der Waals surface area contributed by atoms with Crippen LogP contribution in [-0.4, -0.2) is 65.0 Å². The number of likely N-dealkylation sites (tertiary alicyclic amines) is 1. The monoisotopic (exact) mass is 306 g/mol. The molecule has 1 aromatic heterocycles. The number of nitrogens with zero attached hydrogens (tertiary/aromatic N) is 4. The third-order valence-electron chi connectivity index (χ3n) is 4.75. The number of hydrogen-bond donors (Lipinski definition) is 0. The fourth-order valence-corrected chi connectivity index (χ4v) is 3.55. The van der Waals surface area contributed by atoms with Crippen LogP contribution in [0.4, 0.5) is 0 Å². The van der Waals surface area contributed by atoms with Crippen molar-refractivity contribution in [1.29, 1.82) is 0 Å². The minimum Gasteiger partial charge on any atom is -0.376 e. The van der Waals surface area contributed by atoms with Crippen molar-refractivity contribution in [2.75, 3.05) is 39.3 Å². The van der Waals surface area contributed by atoms with Gasteiger partial charge in [-0.3, -0.25) is 9.58 Å². The van der Waals surface area contributed by atoms with E-state index in [1.54, 1.807) is 0 Å². The van der Waals surface area contributed by atoms with Crippen LogP contribution in [0.5, 0.6) is 0 Å². The van der Waals surface area contributed by atoms with Crippen LogP contribution in [0, 0.1) is 0 Å². The Labute approximate surface area is 134 Å². The number of hydrogen-bond acceptors (Lipinski definition) is 4. The topological polar surface area (TPSA) is 33.5 Å². The average Bonchev–Trinajstić information content (AvgIpc) is 2.88. The summed E-state index contributed by atoms with van der Waals surface area (Å²) in [6.45, 7) is 10.7. The largest absolute Gasteiger partial charge is 0.376 e. The molecule has 2 fully saturated rings. The van der Waals surface area contributed by atoms with Crippen molar-refractivity contribution in [1.82, 2.24) is 19.6 Å². The van der Waals surface area contributed by atoms with Crippen LogP contribution in [0.2, 0.25) is 0 Å². The lowest BCUT2D eigenvalue weighted by atomic mass is 10.1. The van der Waals surface area contributed by atoms with E-state index in [0.29, 0.717) is 6.10 Å². The second-order valence-electron chi connectivity index (χ2n) is 6.61. The molecule has 0 radical (unpaired) electrons. The molecule has 22 heavy (non-hydrogen) atoms. The smallest absolute Gasteiger partial charge is 0.0828 e. The van der Waals surface area contributed by atoms with E-state index in [0.717, 1.165) is 45.8 Å². The van der Waals surface area contributed by atoms with Gasteiger partial charge >= 0.3 is 0 Å². The molecule has 3 heterocycles. The summed E-state index contributed by atoms with van der Waals surface area (Å²) in [6.07, 6.45) is 7.66. The summed E-state index contributed by atoms with van der Waals surface area (Å²) in [5.74, 6) is 0. The van der Waals surface area contributed by atoms with Gasteiger partial charge in [0, 0.05) is 45.5 Å². The fourth-order valence-electron chi connectivity index (χ4n) is 3.55. The first-order valence-corrected chi connectivity index (χ1v) is 8.92. The molecule has 124 valence electrons. The Kier molecular flexibility index (Phi) is 5.87. The predicted octanol–water partition coefficient (Wildman–Crippen LogP) is 1.98. The summed E-state index contributed by atoms with van der Waals surface area (Å²) >= 11 is 0. The molecule has 2 saturated heterocycles. The Morgan fingerprint density at radius 2 is 1.95 bits per heavy atom. The van der Waals surface area contributed by atoms with Gasteiger partial charge in [0.1, 0.15) is 0 Å². The van der Waals surface area contributed by atoms with Crippen molar-refractivity contribution in [3.63, 3.8) is 0 Å². The summed E-state index contributed by atoms with van der Waals surface area (Å²) in [7, 11) is 0. The van der Waals surface area contributed by atoms with E-state index in [1.807, 2.05) is 4.68 Å². The van der Waals surface area contributed by atoms with Crippen LogP contribution < -0.4 is 0 Å². The highest BCUT2D eigenvalue weighted by Gasteiger charge is 2.22. The second-order valence-corrected chi connectivity index (χ2v) is 6.61. The lowest BCUT2D eigenvalue weighted by Crippen LogP contribution is -2.42. The summed E-state index contributed by atoms with van der Waals surface area (Å²) < 4.78 is 8.10. The molecule has 0 bridgehead atoms. The minimum atomic E-state index is 0.355. The van der Waals surface area contributed by atoms with Gasteiger partial charge in [-0.05, 0) is 45.3 Å². The van der Waals surface area contributed by atoms with E-state index in [9.17, 15) is 0 Å². The van der Waals surface area contributed by atoms with Gasteiger partial charge in [-0.15, -0.1) is 0 Å². The third kappa shape index (κ3) is 4.54. The van der Waals surface area contributed by atoms with Crippen LogP contribution in [-0.2, 0) is 17.8 Å². The van der Waals surface area contributed by atoms with Gasteiger partial charge in [0.25, 0.3) is 0 Å². The highest BCUT2D eigenvalue weighted by atomic mass is 16.5. The van der Waals surface area contributed by atoms with E-state index in [2.05, 4.69) is 34.1 Å². The lowest BCUT2D eigenvalue weighted by Gasteiger charge is -2.31. The van der Waals surface area contributed by atoms with Crippen molar-refractivity contribution in [3.05, 3.63) is 18.0 Å². The van der Waals surface area contributed by atoms with Crippen molar-refractivity contribution >= 4 is 0 Å². The highest BCUT2D eigenvalue weighted by molar-refractivity contribution is 4.99. The van der Waals surface area contributed by atoms with Crippen LogP contribution in [0.15, 0.2) is 12.3 Å². The molecule has 0 saturated carbocycles. The van der Waals surface area contributed by atoms with Crippen molar-refractivity contribution < 1.29 is 4.74 Å². The molecule has 0 aromatic carbocycles. The zero-order valence-electron chi connectivity index (χ0n) is 13.9. The van der Waals surface area contributed by atoms with Gasteiger partial charge in [0.05, 0.1) is 11.8 Å². The molecule has 0 amide bonds. The Morgan fingerprint density at radius 3 is 2.73 bits per heavy atom. The van der Waals surface area contributed by atoms with E-state index in [4.69, 9.17) is 4.74 Å². The zero-order chi connectivity index (χ0) is 15.2. The Hall–Kier alpha value is -0.910. The van der Waals surface area contributed by atoms with Crippen LogP contribution >= 0.6 is 0 Å². The molecule has 0 unspecified atom stereocenters. The maximum Gasteiger partial charge on any atom is 0.0828 e. The van der Waals surface area contributed by atoms with Gasteiger partial charge in [-0.25, -0.2) is 0 Å². The lowest BCUT2D eigenvalue weighted by molar-refractivity contribution is 0.0215. The molecule has 0 aliphatic carbocycles. The SMILES string of the molecule is CCn1ccc(CN2CCCO[C@@H](CN3CCCCC3)C2)n1. The number of rotatable bonds is 5. The molecule has 2 aliphatic rings. The molecular weight excluding hydrogens is 276 g/mol. The maximum absolute atomic E-state index is 6.09. The molecule has 1 aromatic rings. The molecule has 3 rings (SSSR count). The number of ether oxygens (including phenoxy) is 1. The maximum atomic E-state index is 6.09. The van der Waals surface area contributed by atoms with Crippen molar-refractivity contribution in [2.45, 2.75) is 51.8 Å². The highest BCUT2D eigenvalue weighted by Crippen LogP contribution is 2.14. The average molecular weight is 306 g/mol. The van der Waals surface area contributed by atoms with Gasteiger partial charge < -0.3 is 9.64 Å². The second kappa shape index (κ2) is 8.09. The van der Waals surface area contributed by atoms with Crippen LogP contribution in [0.1, 0.15) is 38.3 Å². The minimum absolute atomic E-state index is 0.355. The summed E-state index contributed by atoms with van der Waals surface area (Å²) in [5, 5.41) is 4.62. The normalized spacial score (nSPS) is 25.2. The first-order chi connectivity index (χ1) is 10.8. The van der Waals surface area contributed by atoms with Crippen molar-refractivity contribution in [2.24, 2.45) is 0 Å². The standard InChI is InChI=1S/C17H30N4O/c1-2-21-11-7-16(18-21)13-20-10-6-12-22-17(15-20)14-19-8-4-3-5-9-19/h7,11,17H,2-6,8-10,12-15H2,1H3/t17-/m0/s1. The van der Waals surface area contributed by atoms with Crippen LogP contribution in [0.3, 0.4) is 0 Å². The van der Waals surface area contributed by atoms with Crippen molar-refractivity contribution in [3.8, 4) is 0 Å². The molecule has 2 aliphatic heterocycles. The van der Waals surface area contributed by atoms with E-state index in [1.165, 1.54) is 38.0 Å². The number of aromatic nitrogens is 2. The molecule has 5 nitrogen and oxygen atoms in total.